The molecule has 72 nitrogen and oxygen atoms in total. The molecule has 0 aromatic heterocycles. The second-order valence-corrected chi connectivity index (χ2v) is 38.3. The van der Waals surface area contributed by atoms with Gasteiger partial charge in [-0.15, -0.1) is 0 Å². The van der Waals surface area contributed by atoms with Crippen LogP contribution in [0.15, 0.2) is 11.8 Å². The number of ether oxygens (including phenoxy) is 14. The van der Waals surface area contributed by atoms with E-state index in [4.69, 9.17) is 66.3 Å². The van der Waals surface area contributed by atoms with Crippen molar-refractivity contribution in [2.75, 3.05) is 19.8 Å². The van der Waals surface area contributed by atoms with Crippen LogP contribution in [0.25, 0.3) is 0 Å². The number of hydrogen-bond donors (Lipinski definition) is 10. The van der Waals surface area contributed by atoms with Gasteiger partial charge in [-0.25, -0.2) is 84.2 Å². The van der Waals surface area contributed by atoms with E-state index in [0.717, 1.165) is 0 Å². The van der Waals surface area contributed by atoms with E-state index in [-0.39, 0.29) is 361 Å². The Morgan fingerprint density at radius 3 is 0.897 bits per heavy atom. The van der Waals surface area contributed by atoms with Crippen molar-refractivity contribution in [1.82, 2.24) is 10.6 Å². The van der Waals surface area contributed by atoms with Crippen LogP contribution < -0.4 is 381 Å². The summed E-state index contributed by atoms with van der Waals surface area (Å²) in [6, 6.07) is -6.15. The zero-order chi connectivity index (χ0) is 102. The average molecular weight is 2440 g/mol. The molecule has 2 amide bonds. The third-order valence-corrected chi connectivity index (χ3v) is 23.0. The Labute approximate surface area is 1090 Å². The molecule has 16 unspecified atom stereocenters. The second kappa shape index (κ2) is 67.7. The molecule has 10 N–H and O–H groups in total. The number of aliphatic hydroxyl groups is 8. The molecule has 0 aliphatic carbocycles. The monoisotopic (exact) mass is 2440 g/mol. The van der Waals surface area contributed by atoms with Crippen LogP contribution in [0.3, 0.4) is 0 Å². The third-order valence-electron chi connectivity index (χ3n) is 18.5. The molecule has 7 aliphatic heterocycles. The normalized spacial score (nSPS) is 34.6. The first-order valence-electron chi connectivity index (χ1n) is 35.6. The maximum absolute atomic E-state index is 14.1. The minimum atomic E-state index is -6.75. The molecular formula is C52H69N2Na12O70S10-. The van der Waals surface area contributed by atoms with Gasteiger partial charge in [-0.05, 0) is 26.8 Å². The Morgan fingerprint density at radius 1 is 0.329 bits per heavy atom. The van der Waals surface area contributed by atoms with E-state index in [1.165, 1.54) is 0 Å². The average Bonchev–Trinajstić information content (AvgIpc) is 0.745. The van der Waals surface area contributed by atoms with Gasteiger partial charge in [0.05, 0.1) is 50.1 Å². The number of carbonyl (C=O) groups is 5. The van der Waals surface area contributed by atoms with E-state index in [9.17, 15) is 210 Å². The van der Waals surface area contributed by atoms with E-state index in [1.54, 1.807) is 10.6 Å². The van der Waals surface area contributed by atoms with Crippen molar-refractivity contribution in [1.29, 1.82) is 0 Å². The molecule has 780 valence electrons. The standard InChI is InChI=1S/C52H82N2O70S10.12Na/c1-10-27(117-127(77,78)79)36(122-132(92,93)94)24(61)49(104-10)107-17(6-15(57)43(64)65)16(58)7-101-32-20(53-13(4)55)47(108-18(8-102-125(71,72)73)30(32)120-130(86,87)88)115-40-35(113-51-26(63)38(124-134(98,99)100)29(12(3)106-51)119-129(83,84)85)23(60)52(116-42(40)45(68)69)111-33-21(54-14(5)56)48(109-19(9-103-126(74,75)76)31(33)121-131(89,90)91)114-39-34(22(59)46(70)110-41(39)44(66)67)112-50-25(62)37(123-133(95,96)97)28(11(2)105-50)118-128(80,81)82;;;;;;;;;;;;/h6,10-12,16-42,46-52,57-63,70H,7-9H2,1-5H3,(H,53,55)(H,54,56)(H,64,65)(H,66,67)(H,68,69)(H,71,72,73)(H,74,75,76)(H,77,78,79)(H,80,81,82)(H,83,84,85)(H,86,87,88)(H,89,90,91)(H,92,93,94)(H,95,96,97)(H,98,99,100);;;;;;;;;;;;/q;12*+1/p-13/b15-6-;;;;;;;;;;;;/t10?,11?,12?,16?,17-,18?,19?,20?,21?,22?,23-,24?,25?,26?,27+,28+,29+,30-,31-,32+,33+,34+,35?,36+,37+,38+,39-,40-,41?,42?,46?,47-,48-,49-,50-,51-,52+;;;;;;;;;;;;/m0............/s1. The summed E-state index contributed by atoms with van der Waals surface area (Å²) in [5.74, 6) is -13.9. The molecule has 7 aliphatic rings. The van der Waals surface area contributed by atoms with E-state index in [2.05, 4.69) is 41.8 Å². The largest absolute Gasteiger partial charge is 1.00 e. The van der Waals surface area contributed by atoms with Crippen molar-refractivity contribution in [3.63, 3.8) is 0 Å². The molecule has 0 radical (unpaired) electrons. The Balaban J connectivity index is -0.00000408. The smallest absolute Gasteiger partial charge is 0.726 e. The molecule has 0 aromatic rings. The van der Waals surface area contributed by atoms with Crippen molar-refractivity contribution < 1.29 is 673 Å². The Kier molecular flexibility index (Phi) is 75.7. The van der Waals surface area contributed by atoms with E-state index >= 15 is 0 Å². The van der Waals surface area contributed by atoms with Crippen molar-refractivity contribution in [3.05, 3.63) is 11.8 Å². The van der Waals surface area contributed by atoms with Gasteiger partial charge >= 0.3 is 355 Å². The summed E-state index contributed by atoms with van der Waals surface area (Å²) >= 11 is 0. The summed E-state index contributed by atoms with van der Waals surface area (Å²) in [6.07, 6.45) is -110. The number of amides is 2. The molecule has 146 heavy (non-hydrogen) atoms. The predicted molar refractivity (Wildman–Crippen MR) is 364 cm³/mol. The number of aliphatic carboxylic acids is 3. The summed E-state index contributed by atoms with van der Waals surface area (Å²) in [5, 5.41) is 135. The number of carboxylic acid groups (broad SMARTS) is 3. The first-order valence-corrected chi connectivity index (χ1v) is 48.9. The zero-order valence-electron chi connectivity index (χ0n) is 78.0. The molecule has 7 saturated heterocycles. The Morgan fingerprint density at radius 2 is 0.589 bits per heavy atom. The van der Waals surface area contributed by atoms with Gasteiger partial charge in [-0.2, -0.15) is 0 Å². The fraction of sp³-hybridized carbons (Fsp3) is 0.865. The van der Waals surface area contributed by atoms with Crippen LogP contribution >= 0.6 is 0 Å². The molecular weight excluding hydrogens is 2370 g/mol. The number of hydrogen-bond acceptors (Lipinski definition) is 70. The Bertz CT molecular complexity index is 5440. The van der Waals surface area contributed by atoms with Crippen LogP contribution in [0.1, 0.15) is 34.6 Å². The topological polar surface area (TPSA) is 1130 Å². The molecule has 0 bridgehead atoms. The third kappa shape index (κ3) is 51.7. The maximum atomic E-state index is 14.1. The van der Waals surface area contributed by atoms with Crippen LogP contribution in [0.4, 0.5) is 0 Å². The summed E-state index contributed by atoms with van der Waals surface area (Å²) in [7, 11) is -63.5. The number of carbonyl (C=O) groups excluding carboxylic acids is 5. The zero-order valence-corrected chi connectivity index (χ0v) is 110. The molecule has 0 aromatic carbocycles. The predicted octanol–water partition coefficient (Wildman–Crippen LogP) is -58.6. The van der Waals surface area contributed by atoms with Gasteiger partial charge in [0.15, 0.2) is 44.0 Å². The van der Waals surface area contributed by atoms with Crippen LogP contribution in [0, 0.1) is 0 Å². The number of carboxylic acids is 3. The number of aliphatic hydroxyl groups excluding tert-OH is 8. The van der Waals surface area contributed by atoms with E-state index in [1.807, 2.05) is 0 Å². The quantitative estimate of drug-likeness (QED) is 0.00890. The molecule has 0 spiro atoms. The second-order valence-electron chi connectivity index (χ2n) is 28.1. The van der Waals surface area contributed by atoms with Gasteiger partial charge in [0.25, 0.3) is 0 Å². The van der Waals surface area contributed by atoms with Gasteiger partial charge in [0.2, 0.25) is 116 Å². The van der Waals surface area contributed by atoms with Gasteiger partial charge in [0, 0.05) is 13.8 Å². The SMILES string of the molecule is CC(=O)NC1[C@H](O[C@@H]2C(C(=O)[O-])O[C@@H](O[C@@H]3C(NC(C)=O)[C@H](O[C@@H]4C(C(=O)[O-])OC(O)C(O)[C@H]4O[C@@H]4OC(C)[C@@H](OS(=O)(=O)[O-])[C@H](OS(=O)(=O)[O-])C4O)OC(COS(=O)(=O)[O-])[C@@H]3OS(=O)(=O)[O-])[C@@H](O)C2O[C@@H]2OC(C)[C@@H](OS(=O)(=O)[O-])[C@H](OS(=O)(=O)[O-])C2O)OC(COS(=O)(=O)[O-])[C@H](OS(=O)(=O)[O-])[C@@H]1OCC(O)[C@H](/C=C(\O)C(=O)[O-])O[C@@H]1OC(C)[C@@H](OS(=O)(=O)[O-])[C@H](OS(=O)(=O)[O-])C1O.[Na+].[Na+].[Na+].[Na+].[Na+].[Na+].[Na+].[Na+].[Na+].[Na+].[Na+].[Na+]. The Hall–Kier alpha value is 6.75. The van der Waals surface area contributed by atoms with Crippen LogP contribution in [-0.2, 0) is 236 Å². The summed E-state index contributed by atoms with van der Waals surface area (Å²) in [5.41, 5.74) is 0. The fourth-order valence-corrected chi connectivity index (χ4v) is 18.3. The van der Waals surface area contributed by atoms with Crippen molar-refractivity contribution in [2.45, 2.75) is 262 Å². The minimum absolute atomic E-state index is 0. The maximum Gasteiger partial charge on any atom is 1.00 e. The van der Waals surface area contributed by atoms with Crippen molar-refractivity contribution >= 4 is 134 Å². The summed E-state index contributed by atoms with van der Waals surface area (Å²) < 4.78 is 484. The van der Waals surface area contributed by atoms with E-state index in [0.29, 0.717) is 34.6 Å². The summed E-state index contributed by atoms with van der Waals surface area (Å²) in [4.78, 5) is 66.2. The molecule has 37 atom stereocenters. The molecule has 0 saturated carbocycles. The van der Waals surface area contributed by atoms with E-state index < -0.39 is 386 Å². The molecule has 7 rings (SSSR count). The minimum Gasteiger partial charge on any atom is -0.726 e. The van der Waals surface area contributed by atoms with Gasteiger partial charge in [0.1, 0.15) is 176 Å². The van der Waals surface area contributed by atoms with Crippen molar-refractivity contribution in [3.8, 4) is 0 Å². The number of nitrogens with one attached hydrogen (secondary N) is 2. The number of rotatable bonds is 44. The van der Waals surface area contributed by atoms with Gasteiger partial charge in [-0.1, -0.05) is 0 Å². The first-order chi connectivity index (χ1) is 60.8. The fourth-order valence-electron chi connectivity index (χ4n) is 13.6. The van der Waals surface area contributed by atoms with Gasteiger partial charge < -0.3 is 193 Å². The first kappa shape index (κ1) is 163. The van der Waals surface area contributed by atoms with Gasteiger partial charge in [-0.3, -0.25) is 51.4 Å². The van der Waals surface area contributed by atoms with Crippen LogP contribution in [0.2, 0.25) is 0 Å². The summed E-state index contributed by atoms with van der Waals surface area (Å²) in [6.45, 7) is -3.90. The molecule has 7 heterocycles. The van der Waals surface area contributed by atoms with Crippen LogP contribution in [-0.4, -0.2) is 447 Å². The van der Waals surface area contributed by atoms with Crippen molar-refractivity contribution in [2.24, 2.45) is 0 Å². The molecule has 7 fully saturated rings. The van der Waals surface area contributed by atoms with Crippen LogP contribution in [0.5, 0.6) is 0 Å². The molecule has 94 heteroatoms.